The van der Waals surface area contributed by atoms with Gasteiger partial charge in [-0.1, -0.05) is 6.07 Å². The summed E-state index contributed by atoms with van der Waals surface area (Å²) in [4.78, 5) is 25.6. The zero-order valence-electron chi connectivity index (χ0n) is 10.2. The van der Waals surface area contributed by atoms with Gasteiger partial charge in [-0.15, -0.1) is 0 Å². The fourth-order valence-corrected chi connectivity index (χ4v) is 1.71. The summed E-state index contributed by atoms with van der Waals surface area (Å²) in [6.45, 7) is 0.122. The van der Waals surface area contributed by atoms with Gasteiger partial charge < -0.3 is 9.72 Å². The molecule has 0 aliphatic heterocycles. The molecule has 0 saturated heterocycles. The molecular formula is C13H11N3O3. The Hall–Kier alpha value is -2.81. The van der Waals surface area contributed by atoms with Crippen LogP contribution in [0.3, 0.4) is 0 Å². The first kappa shape index (κ1) is 12.6. The van der Waals surface area contributed by atoms with E-state index < -0.39 is 5.69 Å². The molecule has 6 heteroatoms. The van der Waals surface area contributed by atoms with E-state index in [0.29, 0.717) is 16.9 Å². The Bertz CT molecular complexity index is 724. The van der Waals surface area contributed by atoms with Crippen molar-refractivity contribution in [1.82, 2.24) is 9.55 Å². The Morgan fingerprint density at radius 1 is 1.37 bits per heavy atom. The largest absolute Gasteiger partial charge is 0.495 e. The average Bonchev–Trinajstić information content (AvgIpc) is 2.42. The summed E-state index contributed by atoms with van der Waals surface area (Å²) in [5, 5.41) is 8.88. The zero-order chi connectivity index (χ0) is 13.8. The summed E-state index contributed by atoms with van der Waals surface area (Å²) in [7, 11) is 1.46. The molecule has 0 amide bonds. The van der Waals surface area contributed by atoms with E-state index in [2.05, 4.69) is 4.98 Å². The van der Waals surface area contributed by atoms with Crippen LogP contribution in [0.4, 0.5) is 0 Å². The van der Waals surface area contributed by atoms with Gasteiger partial charge in [0.2, 0.25) is 0 Å². The molecule has 0 radical (unpaired) electrons. The van der Waals surface area contributed by atoms with Crippen LogP contribution in [0.15, 0.2) is 40.1 Å². The van der Waals surface area contributed by atoms with Gasteiger partial charge in [0.1, 0.15) is 11.8 Å². The van der Waals surface area contributed by atoms with Gasteiger partial charge in [0, 0.05) is 12.3 Å². The van der Waals surface area contributed by atoms with Gasteiger partial charge in [-0.3, -0.25) is 9.36 Å². The fraction of sp³-hybridized carbons (Fsp3) is 0.154. The number of methoxy groups -OCH3 is 1. The minimum Gasteiger partial charge on any atom is -0.495 e. The van der Waals surface area contributed by atoms with Crippen molar-refractivity contribution in [1.29, 1.82) is 5.26 Å². The number of hydrogen-bond donors (Lipinski definition) is 1. The van der Waals surface area contributed by atoms with Gasteiger partial charge in [-0.05, 0) is 17.7 Å². The number of aromatic nitrogens is 2. The summed E-state index contributed by atoms with van der Waals surface area (Å²) in [6.07, 6.45) is 1.31. The maximum absolute atomic E-state index is 11.6. The van der Waals surface area contributed by atoms with Crippen LogP contribution >= 0.6 is 0 Å². The third-order valence-corrected chi connectivity index (χ3v) is 2.67. The first-order valence-corrected chi connectivity index (χ1v) is 5.51. The third kappa shape index (κ3) is 2.55. The lowest BCUT2D eigenvalue weighted by Crippen LogP contribution is -2.34. The number of ether oxygens (including phenoxy) is 1. The first-order chi connectivity index (χ1) is 9.15. The Balaban J connectivity index is 2.43. The van der Waals surface area contributed by atoms with E-state index in [1.54, 1.807) is 18.2 Å². The van der Waals surface area contributed by atoms with Crippen molar-refractivity contribution >= 4 is 0 Å². The third-order valence-electron chi connectivity index (χ3n) is 2.67. The summed E-state index contributed by atoms with van der Waals surface area (Å²) in [6, 6.07) is 8.19. The van der Waals surface area contributed by atoms with E-state index >= 15 is 0 Å². The number of nitrogens with zero attached hydrogens (tertiary/aromatic N) is 2. The van der Waals surface area contributed by atoms with Gasteiger partial charge in [-0.2, -0.15) is 5.26 Å². The van der Waals surface area contributed by atoms with Crippen LogP contribution in [0.5, 0.6) is 5.75 Å². The summed E-state index contributed by atoms with van der Waals surface area (Å²) >= 11 is 0. The molecule has 1 aromatic heterocycles. The lowest BCUT2D eigenvalue weighted by molar-refractivity contribution is 0.412. The van der Waals surface area contributed by atoms with E-state index in [4.69, 9.17) is 10.00 Å². The minimum atomic E-state index is -0.476. The van der Waals surface area contributed by atoms with Crippen LogP contribution in [0.25, 0.3) is 0 Å². The second-order valence-corrected chi connectivity index (χ2v) is 3.85. The molecule has 2 aromatic rings. The van der Waals surface area contributed by atoms with Crippen LogP contribution in [0.2, 0.25) is 0 Å². The topological polar surface area (TPSA) is 87.9 Å². The van der Waals surface area contributed by atoms with Gasteiger partial charge in [0.25, 0.3) is 5.56 Å². The van der Waals surface area contributed by atoms with Gasteiger partial charge in [-0.25, -0.2) is 4.79 Å². The highest BCUT2D eigenvalue weighted by Gasteiger charge is 2.06. The highest BCUT2D eigenvalue weighted by Crippen LogP contribution is 2.19. The van der Waals surface area contributed by atoms with Crippen molar-refractivity contribution in [3.8, 4) is 11.8 Å². The number of nitrogens with one attached hydrogen (secondary N) is 1. The Morgan fingerprint density at radius 3 is 2.79 bits per heavy atom. The molecule has 0 fully saturated rings. The van der Waals surface area contributed by atoms with Crippen LogP contribution in [-0.4, -0.2) is 16.7 Å². The molecule has 1 aromatic carbocycles. The van der Waals surface area contributed by atoms with E-state index in [0.717, 1.165) is 4.57 Å². The van der Waals surface area contributed by atoms with E-state index in [1.165, 1.54) is 19.4 Å². The quantitative estimate of drug-likeness (QED) is 0.865. The van der Waals surface area contributed by atoms with Crippen LogP contribution < -0.4 is 16.0 Å². The number of hydrogen-bond acceptors (Lipinski definition) is 4. The predicted octanol–water partition coefficient (Wildman–Crippen LogP) is 0.465. The minimum absolute atomic E-state index is 0.122. The van der Waals surface area contributed by atoms with Crippen LogP contribution in [0, 0.1) is 11.3 Å². The van der Waals surface area contributed by atoms with Crippen molar-refractivity contribution in [3.05, 3.63) is 62.4 Å². The number of aromatic amines is 1. The number of rotatable bonds is 3. The van der Waals surface area contributed by atoms with Crippen molar-refractivity contribution in [2.24, 2.45) is 0 Å². The molecule has 19 heavy (non-hydrogen) atoms. The fourth-order valence-electron chi connectivity index (χ4n) is 1.71. The number of nitriles is 1. The predicted molar refractivity (Wildman–Crippen MR) is 68.1 cm³/mol. The molecular weight excluding hydrogens is 246 g/mol. The van der Waals surface area contributed by atoms with Crippen molar-refractivity contribution in [2.75, 3.05) is 7.11 Å². The van der Waals surface area contributed by atoms with Gasteiger partial charge in [0.05, 0.1) is 19.2 Å². The lowest BCUT2D eigenvalue weighted by atomic mass is 10.1. The van der Waals surface area contributed by atoms with E-state index in [1.807, 2.05) is 6.07 Å². The van der Waals surface area contributed by atoms with Gasteiger partial charge >= 0.3 is 5.69 Å². The van der Waals surface area contributed by atoms with Crippen LogP contribution in [0.1, 0.15) is 11.1 Å². The molecule has 1 N–H and O–H groups in total. The summed E-state index contributed by atoms with van der Waals surface area (Å²) in [5.41, 5.74) is 0.248. The molecule has 0 unspecified atom stereocenters. The Kier molecular flexibility index (Phi) is 3.48. The van der Waals surface area contributed by atoms with Crippen molar-refractivity contribution < 1.29 is 4.74 Å². The average molecular weight is 257 g/mol. The summed E-state index contributed by atoms with van der Waals surface area (Å²) < 4.78 is 6.15. The highest BCUT2D eigenvalue weighted by molar-refractivity contribution is 5.45. The maximum Gasteiger partial charge on any atom is 0.328 e. The smallest absolute Gasteiger partial charge is 0.328 e. The second-order valence-electron chi connectivity index (χ2n) is 3.85. The molecule has 0 spiro atoms. The molecule has 1 heterocycles. The second kappa shape index (κ2) is 5.23. The van der Waals surface area contributed by atoms with E-state index in [-0.39, 0.29) is 12.1 Å². The highest BCUT2D eigenvalue weighted by atomic mass is 16.5. The molecule has 2 rings (SSSR count). The molecule has 6 nitrogen and oxygen atoms in total. The molecule has 0 bridgehead atoms. The lowest BCUT2D eigenvalue weighted by Gasteiger charge is -2.07. The van der Waals surface area contributed by atoms with Crippen LogP contribution in [-0.2, 0) is 6.54 Å². The Labute approximate surface area is 108 Å². The first-order valence-electron chi connectivity index (χ1n) is 5.51. The van der Waals surface area contributed by atoms with Crippen molar-refractivity contribution in [3.63, 3.8) is 0 Å². The monoisotopic (exact) mass is 257 g/mol. The van der Waals surface area contributed by atoms with Crippen molar-refractivity contribution in [2.45, 2.75) is 6.54 Å². The SMILES string of the molecule is COc1cc(Cn2c(=O)cc[nH]c2=O)ccc1C#N. The number of H-pyrrole nitrogens is 1. The Morgan fingerprint density at radius 2 is 2.16 bits per heavy atom. The molecule has 0 aliphatic carbocycles. The molecule has 96 valence electrons. The molecule has 0 saturated carbocycles. The normalized spacial score (nSPS) is 9.89. The molecule has 0 atom stereocenters. The van der Waals surface area contributed by atoms with E-state index in [9.17, 15) is 9.59 Å². The molecule has 0 aliphatic rings. The number of benzene rings is 1. The maximum atomic E-state index is 11.6. The summed E-state index contributed by atoms with van der Waals surface area (Å²) in [5.74, 6) is 0.417. The standard InChI is InChI=1S/C13H11N3O3/c1-19-11-6-9(2-3-10(11)7-14)8-16-12(17)4-5-15-13(16)18/h2-6H,8H2,1H3,(H,15,18). The zero-order valence-corrected chi connectivity index (χ0v) is 10.2. The van der Waals surface area contributed by atoms with Gasteiger partial charge in [0.15, 0.2) is 0 Å².